The molecule has 66 valence electrons. The minimum absolute atomic E-state index is 0.00866. The highest BCUT2D eigenvalue weighted by molar-refractivity contribution is 5.74. The van der Waals surface area contributed by atoms with Crippen molar-refractivity contribution in [2.75, 3.05) is 6.61 Å². The van der Waals surface area contributed by atoms with Gasteiger partial charge in [-0.15, -0.1) is 0 Å². The molecule has 2 aliphatic carbocycles. The van der Waals surface area contributed by atoms with Crippen molar-refractivity contribution in [3.63, 3.8) is 0 Å². The van der Waals surface area contributed by atoms with Crippen LogP contribution in [0.3, 0.4) is 0 Å². The molecule has 0 heterocycles. The van der Waals surface area contributed by atoms with Crippen molar-refractivity contribution in [1.82, 2.24) is 0 Å². The first-order valence-electron chi connectivity index (χ1n) is 4.66. The minimum atomic E-state index is 0.00866. The molecule has 12 heavy (non-hydrogen) atoms. The fraction of sp³-hybridized carbons (Fsp3) is 0.700. The van der Waals surface area contributed by atoms with E-state index in [-0.39, 0.29) is 11.9 Å². The van der Waals surface area contributed by atoms with E-state index in [1.807, 2.05) is 6.92 Å². The van der Waals surface area contributed by atoms with Gasteiger partial charge in [-0.2, -0.15) is 0 Å². The van der Waals surface area contributed by atoms with Crippen molar-refractivity contribution < 1.29 is 9.53 Å². The van der Waals surface area contributed by atoms with Gasteiger partial charge in [0.2, 0.25) is 0 Å². The zero-order valence-corrected chi connectivity index (χ0v) is 7.32. The molecule has 0 aromatic carbocycles. The summed E-state index contributed by atoms with van der Waals surface area (Å²) < 4.78 is 5.01. The van der Waals surface area contributed by atoms with Gasteiger partial charge in [-0.25, -0.2) is 0 Å². The monoisotopic (exact) mass is 166 g/mol. The van der Waals surface area contributed by atoms with E-state index in [1.54, 1.807) is 0 Å². The van der Waals surface area contributed by atoms with Gasteiger partial charge in [0.25, 0.3) is 0 Å². The number of allylic oxidation sites excluding steroid dienone is 2. The summed E-state index contributed by atoms with van der Waals surface area (Å²) in [4.78, 5) is 11.4. The van der Waals surface area contributed by atoms with Gasteiger partial charge >= 0.3 is 5.97 Å². The van der Waals surface area contributed by atoms with Crippen LogP contribution in [-0.4, -0.2) is 12.6 Å². The second-order valence-corrected chi connectivity index (χ2v) is 3.64. The lowest BCUT2D eigenvalue weighted by molar-refractivity contribution is -0.148. The van der Waals surface area contributed by atoms with Crippen molar-refractivity contribution >= 4 is 5.97 Å². The Labute approximate surface area is 72.6 Å². The summed E-state index contributed by atoms with van der Waals surface area (Å²) >= 11 is 0. The summed E-state index contributed by atoms with van der Waals surface area (Å²) in [5.74, 6) is 1.31. The predicted octanol–water partition coefficient (Wildman–Crippen LogP) is 1.76. The molecule has 3 atom stereocenters. The summed E-state index contributed by atoms with van der Waals surface area (Å²) in [7, 11) is 0. The van der Waals surface area contributed by atoms with E-state index in [0.29, 0.717) is 18.4 Å². The summed E-state index contributed by atoms with van der Waals surface area (Å²) in [6, 6.07) is 0. The lowest BCUT2D eigenvalue weighted by atomic mass is 9.94. The Kier molecular flexibility index (Phi) is 1.91. The van der Waals surface area contributed by atoms with Crippen molar-refractivity contribution in [3.05, 3.63) is 12.2 Å². The van der Waals surface area contributed by atoms with Crippen LogP contribution < -0.4 is 0 Å². The number of hydrogen-bond acceptors (Lipinski definition) is 2. The van der Waals surface area contributed by atoms with Crippen molar-refractivity contribution in [2.24, 2.45) is 17.8 Å². The minimum Gasteiger partial charge on any atom is -0.466 e. The standard InChI is InChI=1S/C10H14O2/c1-2-12-10(11)9-6-7-3-4-8(9)5-7/h3-4,7-9H,2,5-6H2,1H3/t7-,8+,9+/m1/s1. The Hall–Kier alpha value is -0.790. The van der Waals surface area contributed by atoms with Crippen molar-refractivity contribution in [3.8, 4) is 0 Å². The van der Waals surface area contributed by atoms with Crippen LogP contribution in [0.4, 0.5) is 0 Å². The largest absolute Gasteiger partial charge is 0.466 e. The third-order valence-corrected chi connectivity index (χ3v) is 2.87. The number of hydrogen-bond donors (Lipinski definition) is 0. The maximum absolute atomic E-state index is 11.4. The van der Waals surface area contributed by atoms with Crippen LogP contribution >= 0.6 is 0 Å². The highest BCUT2D eigenvalue weighted by Crippen LogP contribution is 2.43. The SMILES string of the molecule is CCOC(=O)[C@H]1C[C@@H]2C=C[C@H]1C2. The first-order chi connectivity index (χ1) is 5.81. The summed E-state index contributed by atoms with van der Waals surface area (Å²) in [5.41, 5.74) is 0. The van der Waals surface area contributed by atoms with Gasteiger partial charge < -0.3 is 4.74 Å². The van der Waals surface area contributed by atoms with Gasteiger partial charge in [0.05, 0.1) is 12.5 Å². The zero-order valence-electron chi connectivity index (χ0n) is 7.32. The second kappa shape index (κ2) is 2.92. The van der Waals surface area contributed by atoms with E-state index in [0.717, 1.165) is 6.42 Å². The van der Waals surface area contributed by atoms with Gasteiger partial charge in [-0.05, 0) is 31.6 Å². The molecule has 0 aromatic rings. The van der Waals surface area contributed by atoms with Crippen LogP contribution in [-0.2, 0) is 9.53 Å². The van der Waals surface area contributed by atoms with Crippen molar-refractivity contribution in [1.29, 1.82) is 0 Å². The van der Waals surface area contributed by atoms with E-state index in [9.17, 15) is 4.79 Å². The molecular formula is C10H14O2. The molecular weight excluding hydrogens is 152 g/mol. The Morgan fingerprint density at radius 2 is 2.33 bits per heavy atom. The van der Waals surface area contributed by atoms with Gasteiger partial charge in [0.1, 0.15) is 0 Å². The fourth-order valence-corrected chi connectivity index (χ4v) is 2.30. The van der Waals surface area contributed by atoms with E-state index in [2.05, 4.69) is 12.2 Å². The highest BCUT2D eigenvalue weighted by atomic mass is 16.5. The van der Waals surface area contributed by atoms with Crippen molar-refractivity contribution in [2.45, 2.75) is 19.8 Å². The number of fused-ring (bicyclic) bond motifs is 2. The molecule has 1 saturated carbocycles. The summed E-state index contributed by atoms with van der Waals surface area (Å²) in [6.45, 7) is 2.37. The molecule has 0 aromatic heterocycles. The van der Waals surface area contributed by atoms with Gasteiger partial charge in [-0.1, -0.05) is 12.2 Å². The normalized spacial score (nSPS) is 37.2. The molecule has 2 rings (SSSR count). The lowest BCUT2D eigenvalue weighted by Gasteiger charge is -2.15. The molecule has 2 aliphatic rings. The topological polar surface area (TPSA) is 26.3 Å². The predicted molar refractivity (Wildman–Crippen MR) is 45.5 cm³/mol. The summed E-state index contributed by atoms with van der Waals surface area (Å²) in [5, 5.41) is 0. The Balaban J connectivity index is 1.98. The Morgan fingerprint density at radius 3 is 2.83 bits per heavy atom. The van der Waals surface area contributed by atoms with Gasteiger partial charge in [0, 0.05) is 0 Å². The number of carbonyl (C=O) groups is 1. The molecule has 0 unspecified atom stereocenters. The molecule has 2 heteroatoms. The molecule has 0 radical (unpaired) electrons. The maximum atomic E-state index is 11.4. The van der Waals surface area contributed by atoms with Crippen LogP contribution in [0, 0.1) is 17.8 Å². The third-order valence-electron chi connectivity index (χ3n) is 2.87. The molecule has 0 spiro atoms. The molecule has 2 nitrogen and oxygen atoms in total. The first-order valence-corrected chi connectivity index (χ1v) is 4.66. The molecule has 1 fully saturated rings. The summed E-state index contributed by atoms with van der Waals surface area (Å²) in [6.07, 6.45) is 6.60. The average molecular weight is 166 g/mol. The molecule has 0 amide bonds. The number of esters is 1. The van der Waals surface area contributed by atoms with Gasteiger partial charge in [-0.3, -0.25) is 4.79 Å². The fourth-order valence-electron chi connectivity index (χ4n) is 2.30. The number of carbonyl (C=O) groups excluding carboxylic acids is 1. The van der Waals surface area contributed by atoms with E-state index in [1.165, 1.54) is 6.42 Å². The smallest absolute Gasteiger partial charge is 0.309 e. The first kappa shape index (κ1) is 7.84. The molecule has 0 saturated heterocycles. The molecule has 0 N–H and O–H groups in total. The van der Waals surface area contributed by atoms with E-state index in [4.69, 9.17) is 4.74 Å². The number of rotatable bonds is 2. The van der Waals surface area contributed by atoms with E-state index >= 15 is 0 Å². The second-order valence-electron chi connectivity index (χ2n) is 3.64. The molecule has 2 bridgehead atoms. The Morgan fingerprint density at radius 1 is 1.50 bits per heavy atom. The molecule has 0 aliphatic heterocycles. The average Bonchev–Trinajstić information content (AvgIpc) is 2.64. The maximum Gasteiger partial charge on any atom is 0.309 e. The highest BCUT2D eigenvalue weighted by Gasteiger charge is 2.40. The van der Waals surface area contributed by atoms with Crippen LogP contribution in [0.5, 0.6) is 0 Å². The Bertz CT molecular complexity index is 220. The van der Waals surface area contributed by atoms with Crippen LogP contribution in [0.15, 0.2) is 12.2 Å². The van der Waals surface area contributed by atoms with Gasteiger partial charge in [0.15, 0.2) is 0 Å². The third kappa shape index (κ3) is 1.15. The van der Waals surface area contributed by atoms with Crippen LogP contribution in [0.25, 0.3) is 0 Å². The lowest BCUT2D eigenvalue weighted by Crippen LogP contribution is -2.21. The number of ether oxygens (including phenoxy) is 1. The van der Waals surface area contributed by atoms with Crippen LogP contribution in [0.2, 0.25) is 0 Å². The van der Waals surface area contributed by atoms with E-state index < -0.39 is 0 Å². The van der Waals surface area contributed by atoms with Crippen LogP contribution in [0.1, 0.15) is 19.8 Å². The zero-order chi connectivity index (χ0) is 8.55. The quantitative estimate of drug-likeness (QED) is 0.461.